The second kappa shape index (κ2) is 11.8. The molecule has 4 rings (SSSR count). The molecule has 0 saturated carbocycles. The van der Waals surface area contributed by atoms with E-state index in [-0.39, 0.29) is 5.91 Å². The van der Waals surface area contributed by atoms with Crippen LogP contribution in [-0.2, 0) is 16.1 Å². The maximum absolute atomic E-state index is 13.5. The van der Waals surface area contributed by atoms with Crippen LogP contribution in [0.2, 0.25) is 0 Å². The van der Waals surface area contributed by atoms with Crippen molar-refractivity contribution in [1.29, 1.82) is 0 Å². The Labute approximate surface area is 229 Å². The molecule has 1 amide bonds. The van der Waals surface area contributed by atoms with Crippen molar-refractivity contribution in [2.24, 2.45) is 4.99 Å². The summed E-state index contributed by atoms with van der Waals surface area (Å²) in [5.41, 5.74) is 2.40. The molecule has 1 saturated heterocycles. The van der Waals surface area contributed by atoms with Gasteiger partial charge in [-0.05, 0) is 97.2 Å². The minimum Gasteiger partial charge on any atom is -0.546 e. The summed E-state index contributed by atoms with van der Waals surface area (Å²) in [7, 11) is 1.61. The van der Waals surface area contributed by atoms with Crippen LogP contribution in [0.4, 0.5) is 5.69 Å². The largest absolute Gasteiger partial charge is 0.546 e. The first kappa shape index (κ1) is 26.0. The van der Waals surface area contributed by atoms with Gasteiger partial charge in [-0.2, -0.15) is 0 Å². The van der Waals surface area contributed by atoms with Gasteiger partial charge in [0.15, 0.2) is 5.17 Å². The van der Waals surface area contributed by atoms with Gasteiger partial charge in [0, 0.05) is 0 Å². The molecule has 1 aliphatic heterocycles. The number of halogens is 2. The Balaban J connectivity index is 1.65. The fraction of sp³-hybridized carbons (Fsp3) is 0.115. The van der Waals surface area contributed by atoms with Crippen LogP contribution in [0.3, 0.4) is 0 Å². The lowest BCUT2D eigenvalue weighted by molar-refractivity contribution is -0.307. The van der Waals surface area contributed by atoms with Crippen LogP contribution in [0.25, 0.3) is 6.08 Å². The predicted octanol–water partition coefficient (Wildman–Crippen LogP) is 5.15. The van der Waals surface area contributed by atoms with E-state index in [9.17, 15) is 14.7 Å². The van der Waals surface area contributed by atoms with E-state index in [4.69, 9.17) is 14.5 Å². The van der Waals surface area contributed by atoms with Gasteiger partial charge >= 0.3 is 0 Å². The van der Waals surface area contributed by atoms with Gasteiger partial charge in [0.05, 0.1) is 39.2 Å². The summed E-state index contributed by atoms with van der Waals surface area (Å²) in [5.74, 6) is -0.424. The average Bonchev–Trinajstić information content (AvgIpc) is 3.13. The zero-order valence-electron chi connectivity index (χ0n) is 18.9. The number of hydrogen-bond acceptors (Lipinski definition) is 7. The first-order valence-corrected chi connectivity index (χ1v) is 13.0. The van der Waals surface area contributed by atoms with E-state index in [0.29, 0.717) is 31.3 Å². The molecule has 184 valence electrons. The van der Waals surface area contributed by atoms with Crippen molar-refractivity contribution in [3.63, 3.8) is 0 Å². The van der Waals surface area contributed by atoms with E-state index in [2.05, 4.69) is 31.9 Å². The summed E-state index contributed by atoms with van der Waals surface area (Å²) in [6.45, 7) is -0.228. The number of carboxylic acids is 1. The van der Waals surface area contributed by atoms with Gasteiger partial charge in [0.1, 0.15) is 18.1 Å². The minimum absolute atomic E-state index is 0.171. The highest BCUT2D eigenvalue weighted by Crippen LogP contribution is 2.39. The van der Waals surface area contributed by atoms with Crippen molar-refractivity contribution < 1.29 is 24.2 Å². The SMILES string of the molecule is COc1ccc(CN2C(=O)/C(=C/c3cc(Br)c(OCC(=O)[O-])c(Br)c3)SC2=Nc2ccccc2)cc1. The number of thioether (sulfide) groups is 1. The third-order valence-electron chi connectivity index (χ3n) is 5.02. The molecule has 0 aliphatic carbocycles. The first-order chi connectivity index (χ1) is 17.3. The smallest absolute Gasteiger partial charge is 0.267 e. The summed E-state index contributed by atoms with van der Waals surface area (Å²) in [6.07, 6.45) is 1.76. The van der Waals surface area contributed by atoms with Crippen LogP contribution < -0.4 is 14.6 Å². The van der Waals surface area contributed by atoms with Gasteiger partial charge in [-0.1, -0.05) is 30.3 Å². The molecule has 0 unspecified atom stereocenters. The molecule has 0 spiro atoms. The van der Waals surface area contributed by atoms with Gasteiger partial charge in [-0.25, -0.2) is 4.99 Å². The number of nitrogens with zero attached hydrogens (tertiary/aromatic N) is 2. The van der Waals surface area contributed by atoms with Crippen molar-refractivity contribution in [1.82, 2.24) is 4.90 Å². The number of aliphatic carboxylic acids is 1. The number of aliphatic imine (C=N–C) groups is 1. The molecule has 7 nitrogen and oxygen atoms in total. The van der Waals surface area contributed by atoms with Gasteiger partial charge in [-0.3, -0.25) is 9.69 Å². The third kappa shape index (κ3) is 6.37. The van der Waals surface area contributed by atoms with Gasteiger partial charge < -0.3 is 19.4 Å². The van der Waals surface area contributed by atoms with Crippen LogP contribution >= 0.6 is 43.6 Å². The molecular weight excluding hydrogens is 612 g/mol. The van der Waals surface area contributed by atoms with E-state index >= 15 is 0 Å². The second-order valence-electron chi connectivity index (χ2n) is 7.55. The quantitative estimate of drug-likeness (QED) is 0.320. The zero-order chi connectivity index (χ0) is 25.7. The van der Waals surface area contributed by atoms with Gasteiger partial charge in [0.2, 0.25) is 0 Å². The molecule has 0 radical (unpaired) electrons. The van der Waals surface area contributed by atoms with Crippen LogP contribution in [0.15, 0.2) is 85.6 Å². The summed E-state index contributed by atoms with van der Waals surface area (Å²) in [6, 6.07) is 20.5. The second-order valence-corrected chi connectivity index (χ2v) is 10.3. The van der Waals surface area contributed by atoms with Crippen LogP contribution in [0, 0.1) is 0 Å². The first-order valence-electron chi connectivity index (χ1n) is 10.6. The number of carbonyl (C=O) groups is 2. The van der Waals surface area contributed by atoms with E-state index in [1.807, 2.05) is 54.6 Å². The van der Waals surface area contributed by atoms with E-state index in [0.717, 1.165) is 22.6 Å². The number of hydrogen-bond donors (Lipinski definition) is 0. The number of carboxylic acid groups (broad SMARTS) is 1. The fourth-order valence-corrected chi connectivity index (χ4v) is 5.79. The molecule has 1 heterocycles. The van der Waals surface area contributed by atoms with Gasteiger partial charge in [-0.15, -0.1) is 0 Å². The molecular formula is C26H19Br2N2O5S-. The number of amidine groups is 1. The molecule has 0 bridgehead atoms. The Morgan fingerprint density at radius 3 is 2.36 bits per heavy atom. The molecule has 10 heteroatoms. The summed E-state index contributed by atoms with van der Waals surface area (Å²) >= 11 is 8.09. The molecule has 3 aromatic rings. The highest BCUT2D eigenvalue weighted by atomic mass is 79.9. The lowest BCUT2D eigenvalue weighted by Gasteiger charge is -2.16. The van der Waals surface area contributed by atoms with Crippen molar-refractivity contribution in [3.8, 4) is 11.5 Å². The normalized spacial score (nSPS) is 15.5. The van der Waals surface area contributed by atoms with Crippen LogP contribution in [-0.4, -0.2) is 35.7 Å². The Bertz CT molecular complexity index is 1320. The summed E-state index contributed by atoms with van der Waals surface area (Å²) < 4.78 is 11.6. The van der Waals surface area contributed by atoms with E-state index in [1.165, 1.54) is 11.8 Å². The number of ether oxygens (including phenoxy) is 2. The molecule has 1 fully saturated rings. The number of rotatable bonds is 8. The Kier molecular flexibility index (Phi) is 8.50. The highest BCUT2D eigenvalue weighted by molar-refractivity contribution is 9.11. The van der Waals surface area contributed by atoms with Crippen LogP contribution in [0.5, 0.6) is 11.5 Å². The summed E-state index contributed by atoms with van der Waals surface area (Å²) in [4.78, 5) is 31.1. The van der Waals surface area contributed by atoms with Crippen molar-refractivity contribution >= 4 is 72.4 Å². The van der Waals surface area contributed by atoms with Crippen molar-refractivity contribution in [2.75, 3.05) is 13.7 Å². The molecule has 1 aliphatic rings. The Hall–Kier alpha value is -3.08. The van der Waals surface area contributed by atoms with Crippen molar-refractivity contribution in [3.05, 3.63) is 91.7 Å². The molecule has 0 atom stereocenters. The minimum atomic E-state index is -1.32. The Morgan fingerprint density at radius 2 is 1.75 bits per heavy atom. The molecule has 36 heavy (non-hydrogen) atoms. The lowest BCUT2D eigenvalue weighted by Crippen LogP contribution is -2.29. The Morgan fingerprint density at radius 1 is 1.08 bits per heavy atom. The maximum atomic E-state index is 13.5. The lowest BCUT2D eigenvalue weighted by atomic mass is 10.2. The third-order valence-corrected chi connectivity index (χ3v) is 7.21. The number of amides is 1. The average molecular weight is 631 g/mol. The number of para-hydroxylation sites is 1. The summed E-state index contributed by atoms with van der Waals surface area (Å²) in [5, 5.41) is 11.3. The van der Waals surface area contributed by atoms with Crippen molar-refractivity contribution in [2.45, 2.75) is 6.54 Å². The topological polar surface area (TPSA) is 91.3 Å². The molecule has 0 N–H and O–H groups in total. The predicted molar refractivity (Wildman–Crippen MR) is 145 cm³/mol. The van der Waals surface area contributed by atoms with Gasteiger partial charge in [0.25, 0.3) is 5.91 Å². The highest BCUT2D eigenvalue weighted by Gasteiger charge is 2.33. The maximum Gasteiger partial charge on any atom is 0.267 e. The molecule has 0 aromatic heterocycles. The zero-order valence-corrected chi connectivity index (χ0v) is 22.9. The van der Waals surface area contributed by atoms with E-state index < -0.39 is 12.6 Å². The fourth-order valence-electron chi connectivity index (χ4n) is 3.34. The number of methoxy groups -OCH3 is 1. The molecule has 3 aromatic carbocycles. The van der Waals surface area contributed by atoms with Crippen LogP contribution in [0.1, 0.15) is 11.1 Å². The number of benzene rings is 3. The standard InChI is InChI=1S/C26H20Br2N2O5S/c1-34-19-9-7-16(8-10-19)14-30-25(33)22(36-26(30)29-18-5-3-2-4-6-18)13-17-11-20(27)24(21(28)12-17)35-15-23(31)32/h2-13H,14-15H2,1H3,(H,31,32)/p-1/b22-13-,29-26?. The number of carbonyl (C=O) groups excluding carboxylic acids is 2. The monoisotopic (exact) mass is 629 g/mol. The van der Waals surface area contributed by atoms with E-state index in [1.54, 1.807) is 30.2 Å².